The van der Waals surface area contributed by atoms with Crippen LogP contribution >= 0.6 is 0 Å². The second-order valence-corrected chi connectivity index (χ2v) is 5.83. The van der Waals surface area contributed by atoms with Crippen LogP contribution in [-0.4, -0.2) is 11.9 Å². The molecule has 3 N–H and O–H groups in total. The summed E-state index contributed by atoms with van der Waals surface area (Å²) < 4.78 is 13.1. The molecule has 4 heteroatoms. The Hall–Kier alpha value is -1.42. The SMILES string of the molecule is CC(NC1CCCCCC1)(C(N)=O)c1ccc(F)cc1. The average molecular weight is 278 g/mol. The third kappa shape index (κ3) is 3.37. The number of halogens is 1. The molecule has 0 spiro atoms. The molecule has 1 atom stereocenters. The number of nitrogens with two attached hydrogens (primary N) is 1. The van der Waals surface area contributed by atoms with Crippen molar-refractivity contribution in [1.82, 2.24) is 5.32 Å². The van der Waals surface area contributed by atoms with Crippen LogP contribution in [0.25, 0.3) is 0 Å². The fourth-order valence-corrected chi connectivity index (χ4v) is 2.91. The maximum Gasteiger partial charge on any atom is 0.242 e. The summed E-state index contributed by atoms with van der Waals surface area (Å²) in [4.78, 5) is 11.9. The minimum atomic E-state index is -0.942. The monoisotopic (exact) mass is 278 g/mol. The lowest BCUT2D eigenvalue weighted by molar-refractivity contribution is -0.124. The van der Waals surface area contributed by atoms with Gasteiger partial charge in [0.15, 0.2) is 0 Å². The van der Waals surface area contributed by atoms with Gasteiger partial charge < -0.3 is 5.73 Å². The average Bonchev–Trinajstić information content (AvgIpc) is 2.67. The van der Waals surface area contributed by atoms with Crippen LogP contribution < -0.4 is 11.1 Å². The first-order valence-corrected chi connectivity index (χ1v) is 7.36. The molecule has 1 aliphatic carbocycles. The number of rotatable bonds is 4. The first kappa shape index (κ1) is 15.0. The van der Waals surface area contributed by atoms with Crippen LogP contribution in [0.3, 0.4) is 0 Å². The van der Waals surface area contributed by atoms with Gasteiger partial charge in [-0.25, -0.2) is 4.39 Å². The number of carbonyl (C=O) groups excluding carboxylic acids is 1. The molecule has 1 aliphatic rings. The summed E-state index contributed by atoms with van der Waals surface area (Å²) in [5, 5.41) is 3.41. The minimum absolute atomic E-state index is 0.292. The van der Waals surface area contributed by atoms with Crippen molar-refractivity contribution in [3.8, 4) is 0 Å². The van der Waals surface area contributed by atoms with Gasteiger partial charge in [0.2, 0.25) is 5.91 Å². The molecule has 110 valence electrons. The topological polar surface area (TPSA) is 55.1 Å². The highest BCUT2D eigenvalue weighted by molar-refractivity contribution is 5.85. The van der Waals surface area contributed by atoms with Crippen molar-refractivity contribution in [3.63, 3.8) is 0 Å². The van der Waals surface area contributed by atoms with E-state index in [0.29, 0.717) is 6.04 Å². The molecule has 0 saturated heterocycles. The number of primary amides is 1. The minimum Gasteiger partial charge on any atom is -0.368 e. The van der Waals surface area contributed by atoms with E-state index in [1.54, 1.807) is 19.1 Å². The highest BCUT2D eigenvalue weighted by atomic mass is 19.1. The van der Waals surface area contributed by atoms with Crippen molar-refractivity contribution in [1.29, 1.82) is 0 Å². The van der Waals surface area contributed by atoms with E-state index in [4.69, 9.17) is 5.73 Å². The van der Waals surface area contributed by atoms with E-state index in [2.05, 4.69) is 5.32 Å². The van der Waals surface area contributed by atoms with Gasteiger partial charge in [-0.1, -0.05) is 37.8 Å². The first-order chi connectivity index (χ1) is 9.52. The lowest BCUT2D eigenvalue weighted by atomic mass is 9.89. The fraction of sp³-hybridized carbons (Fsp3) is 0.562. The quantitative estimate of drug-likeness (QED) is 0.832. The Kier molecular flexibility index (Phi) is 4.76. The molecule has 0 radical (unpaired) electrons. The number of hydrogen-bond acceptors (Lipinski definition) is 2. The van der Waals surface area contributed by atoms with E-state index in [-0.39, 0.29) is 5.82 Å². The molecule has 1 saturated carbocycles. The van der Waals surface area contributed by atoms with E-state index in [9.17, 15) is 9.18 Å². The van der Waals surface area contributed by atoms with Crippen LogP contribution in [0.5, 0.6) is 0 Å². The zero-order valence-electron chi connectivity index (χ0n) is 12.0. The smallest absolute Gasteiger partial charge is 0.242 e. The maximum atomic E-state index is 13.1. The van der Waals surface area contributed by atoms with Gasteiger partial charge in [0.1, 0.15) is 11.4 Å². The van der Waals surface area contributed by atoms with Gasteiger partial charge in [0.25, 0.3) is 0 Å². The summed E-state index contributed by atoms with van der Waals surface area (Å²) in [6, 6.07) is 6.28. The van der Waals surface area contributed by atoms with E-state index in [1.807, 2.05) is 0 Å². The molecule has 2 rings (SSSR count). The van der Waals surface area contributed by atoms with Gasteiger partial charge in [-0.05, 0) is 37.5 Å². The highest BCUT2D eigenvalue weighted by Gasteiger charge is 2.35. The summed E-state index contributed by atoms with van der Waals surface area (Å²) >= 11 is 0. The molecule has 0 aliphatic heterocycles. The molecular formula is C16H23FN2O. The second-order valence-electron chi connectivity index (χ2n) is 5.83. The molecule has 1 aromatic carbocycles. The summed E-state index contributed by atoms with van der Waals surface area (Å²) in [6.45, 7) is 1.79. The van der Waals surface area contributed by atoms with E-state index < -0.39 is 11.4 Å². The van der Waals surface area contributed by atoms with Crippen LogP contribution in [0.15, 0.2) is 24.3 Å². The molecule has 20 heavy (non-hydrogen) atoms. The molecular weight excluding hydrogens is 255 g/mol. The molecule has 0 aromatic heterocycles. The number of benzene rings is 1. The lowest BCUT2D eigenvalue weighted by Gasteiger charge is -2.32. The van der Waals surface area contributed by atoms with Gasteiger partial charge in [-0.15, -0.1) is 0 Å². The van der Waals surface area contributed by atoms with Crippen molar-refractivity contribution in [2.75, 3.05) is 0 Å². The first-order valence-electron chi connectivity index (χ1n) is 7.36. The van der Waals surface area contributed by atoms with Crippen LogP contribution in [0.2, 0.25) is 0 Å². The third-order valence-electron chi connectivity index (χ3n) is 4.26. The maximum absolute atomic E-state index is 13.1. The van der Waals surface area contributed by atoms with Crippen LogP contribution in [-0.2, 0) is 10.3 Å². The molecule has 0 bridgehead atoms. The molecule has 1 unspecified atom stereocenters. The Morgan fingerprint density at radius 3 is 2.25 bits per heavy atom. The molecule has 1 amide bonds. The van der Waals surface area contributed by atoms with Gasteiger partial charge in [-0.3, -0.25) is 10.1 Å². The fourth-order valence-electron chi connectivity index (χ4n) is 2.91. The Balaban J connectivity index is 2.20. The van der Waals surface area contributed by atoms with E-state index in [0.717, 1.165) is 18.4 Å². The number of carbonyl (C=O) groups is 1. The normalized spacial score (nSPS) is 20.1. The number of amides is 1. The van der Waals surface area contributed by atoms with Gasteiger partial charge in [0, 0.05) is 6.04 Å². The van der Waals surface area contributed by atoms with Crippen molar-refractivity contribution in [2.24, 2.45) is 5.73 Å². The zero-order chi connectivity index (χ0) is 14.6. The Bertz CT molecular complexity index is 452. The molecule has 0 heterocycles. The summed E-state index contributed by atoms with van der Waals surface area (Å²) in [6.07, 6.45) is 6.98. The molecule has 1 aromatic rings. The van der Waals surface area contributed by atoms with Crippen molar-refractivity contribution < 1.29 is 9.18 Å². The van der Waals surface area contributed by atoms with Gasteiger partial charge in [-0.2, -0.15) is 0 Å². The molecule has 3 nitrogen and oxygen atoms in total. The van der Waals surface area contributed by atoms with Crippen LogP contribution in [0.1, 0.15) is 51.0 Å². The van der Waals surface area contributed by atoms with Gasteiger partial charge >= 0.3 is 0 Å². The van der Waals surface area contributed by atoms with Crippen LogP contribution in [0, 0.1) is 5.82 Å². The predicted molar refractivity (Wildman–Crippen MR) is 77.6 cm³/mol. The lowest BCUT2D eigenvalue weighted by Crippen LogP contribution is -2.54. The Morgan fingerprint density at radius 2 is 1.75 bits per heavy atom. The highest BCUT2D eigenvalue weighted by Crippen LogP contribution is 2.25. The van der Waals surface area contributed by atoms with E-state index in [1.165, 1.54) is 37.8 Å². The third-order valence-corrected chi connectivity index (χ3v) is 4.26. The molecule has 1 fully saturated rings. The standard InChI is InChI=1S/C16H23FN2O/c1-16(15(18)20,12-8-10-13(17)11-9-12)19-14-6-4-2-3-5-7-14/h8-11,14,19H,2-7H2,1H3,(H2,18,20). The largest absolute Gasteiger partial charge is 0.368 e. The summed E-state index contributed by atoms with van der Waals surface area (Å²) in [5.41, 5.74) is 5.38. The summed E-state index contributed by atoms with van der Waals surface area (Å²) in [5.74, 6) is -0.733. The van der Waals surface area contributed by atoms with Gasteiger partial charge in [0.05, 0.1) is 0 Å². The summed E-state index contributed by atoms with van der Waals surface area (Å²) in [7, 11) is 0. The predicted octanol–water partition coefficient (Wildman–Crippen LogP) is 2.84. The number of hydrogen-bond donors (Lipinski definition) is 2. The van der Waals surface area contributed by atoms with Crippen LogP contribution in [0.4, 0.5) is 4.39 Å². The van der Waals surface area contributed by atoms with Crippen molar-refractivity contribution in [3.05, 3.63) is 35.6 Å². The van der Waals surface area contributed by atoms with Crippen molar-refractivity contribution >= 4 is 5.91 Å². The second kappa shape index (κ2) is 6.35. The van der Waals surface area contributed by atoms with E-state index >= 15 is 0 Å². The Labute approximate surface area is 119 Å². The zero-order valence-corrected chi connectivity index (χ0v) is 12.0. The van der Waals surface area contributed by atoms with Crippen molar-refractivity contribution in [2.45, 2.75) is 57.0 Å². The Morgan fingerprint density at radius 1 is 1.20 bits per heavy atom. The number of nitrogens with one attached hydrogen (secondary N) is 1.